The van der Waals surface area contributed by atoms with Crippen molar-refractivity contribution >= 4 is 34.1 Å². The topological polar surface area (TPSA) is 69.4 Å². The number of hydrogen-bond donors (Lipinski definition) is 0. The lowest BCUT2D eigenvalue weighted by atomic mass is 10.2. The van der Waals surface area contributed by atoms with Crippen LogP contribution in [0.15, 0.2) is 46.3 Å². The minimum Gasteiger partial charge on any atom is -0.457 e. The summed E-state index contributed by atoms with van der Waals surface area (Å²) in [6.45, 7) is -0.255. The van der Waals surface area contributed by atoms with E-state index in [2.05, 4.69) is 5.16 Å². The Morgan fingerprint density at radius 2 is 2.05 bits per heavy atom. The zero-order valence-electron chi connectivity index (χ0n) is 10.9. The number of thiophene rings is 1. The third-order valence-corrected chi connectivity index (χ3v) is 3.84. The second-order valence-corrected chi connectivity index (χ2v) is 5.31. The molecule has 0 radical (unpaired) electrons. The third-order valence-electron chi connectivity index (χ3n) is 2.92. The number of nitrogens with zero attached hydrogens (tertiary/aromatic N) is 1. The maximum atomic E-state index is 11.8. The molecule has 21 heavy (non-hydrogen) atoms. The van der Waals surface area contributed by atoms with E-state index in [1.165, 1.54) is 11.3 Å². The maximum Gasteiger partial charge on any atom is 0.312 e. The van der Waals surface area contributed by atoms with Gasteiger partial charge in [0.1, 0.15) is 5.69 Å². The van der Waals surface area contributed by atoms with Gasteiger partial charge < -0.3 is 9.26 Å². The molecule has 0 atom stereocenters. The molecule has 0 spiro atoms. The first-order valence-electron chi connectivity index (χ1n) is 6.29. The molecular weight excluding hydrogens is 290 g/mol. The number of ether oxygens (including phenoxy) is 1. The molecule has 2 heterocycles. The summed E-state index contributed by atoms with van der Waals surface area (Å²) in [7, 11) is 0. The van der Waals surface area contributed by atoms with Crippen LogP contribution in [0.4, 0.5) is 0 Å². The second kappa shape index (κ2) is 5.88. The summed E-state index contributed by atoms with van der Waals surface area (Å²) in [6, 6.07) is 10.7. The molecule has 0 aliphatic heterocycles. The van der Waals surface area contributed by atoms with Crippen LogP contribution in [0.3, 0.4) is 0 Å². The molecule has 1 aromatic carbocycles. The SMILES string of the molecule is O=C(Cc1noc2ccccc12)OCC(=O)c1cccs1. The largest absolute Gasteiger partial charge is 0.457 e. The lowest BCUT2D eigenvalue weighted by Gasteiger charge is -2.01. The van der Waals surface area contributed by atoms with Crippen molar-refractivity contribution in [1.82, 2.24) is 5.16 Å². The van der Waals surface area contributed by atoms with Crippen molar-refractivity contribution in [3.8, 4) is 0 Å². The molecule has 6 heteroatoms. The van der Waals surface area contributed by atoms with E-state index < -0.39 is 5.97 Å². The number of aromatic nitrogens is 1. The number of fused-ring (bicyclic) bond motifs is 1. The van der Waals surface area contributed by atoms with Crippen LogP contribution in [-0.2, 0) is 16.0 Å². The third kappa shape index (κ3) is 3.00. The van der Waals surface area contributed by atoms with E-state index in [1.807, 2.05) is 18.2 Å². The molecule has 2 aromatic heterocycles. The number of Topliss-reactive ketones (excluding diaryl/α,β-unsaturated/α-hetero) is 1. The molecule has 0 bridgehead atoms. The van der Waals surface area contributed by atoms with Crippen molar-refractivity contribution in [2.24, 2.45) is 0 Å². The normalized spacial score (nSPS) is 10.7. The Kier molecular flexibility index (Phi) is 3.79. The van der Waals surface area contributed by atoms with E-state index in [0.717, 1.165) is 5.39 Å². The average Bonchev–Trinajstić information content (AvgIpc) is 3.15. The van der Waals surface area contributed by atoms with Gasteiger partial charge in [0, 0.05) is 5.39 Å². The smallest absolute Gasteiger partial charge is 0.312 e. The van der Waals surface area contributed by atoms with Crippen LogP contribution in [-0.4, -0.2) is 23.5 Å². The van der Waals surface area contributed by atoms with Crippen LogP contribution in [0.2, 0.25) is 0 Å². The highest BCUT2D eigenvalue weighted by Crippen LogP contribution is 2.18. The van der Waals surface area contributed by atoms with Gasteiger partial charge in [0.25, 0.3) is 0 Å². The molecule has 0 N–H and O–H groups in total. The minimum atomic E-state index is -0.501. The summed E-state index contributed by atoms with van der Waals surface area (Å²) < 4.78 is 10.1. The van der Waals surface area contributed by atoms with Gasteiger partial charge in [-0.2, -0.15) is 0 Å². The summed E-state index contributed by atoms with van der Waals surface area (Å²) in [4.78, 5) is 24.1. The van der Waals surface area contributed by atoms with Gasteiger partial charge in [0.2, 0.25) is 5.78 Å². The van der Waals surface area contributed by atoms with Gasteiger partial charge in [-0.25, -0.2) is 0 Å². The van der Waals surface area contributed by atoms with Crippen LogP contribution in [0, 0.1) is 0 Å². The van der Waals surface area contributed by atoms with Crippen molar-refractivity contribution < 1.29 is 18.8 Å². The van der Waals surface area contributed by atoms with E-state index in [9.17, 15) is 9.59 Å². The summed E-state index contributed by atoms with van der Waals surface area (Å²) >= 11 is 1.32. The molecule has 106 valence electrons. The Bertz CT molecular complexity index is 776. The Morgan fingerprint density at radius 3 is 2.86 bits per heavy atom. The molecule has 0 aliphatic rings. The first-order chi connectivity index (χ1) is 10.2. The lowest BCUT2D eigenvalue weighted by Crippen LogP contribution is -2.15. The molecule has 5 nitrogen and oxygen atoms in total. The summed E-state index contributed by atoms with van der Waals surface area (Å²) in [5.74, 6) is -0.706. The number of para-hydroxylation sites is 1. The highest BCUT2D eigenvalue weighted by atomic mass is 32.1. The summed E-state index contributed by atoms with van der Waals surface area (Å²) in [5, 5.41) is 6.43. The van der Waals surface area contributed by atoms with Crippen molar-refractivity contribution in [1.29, 1.82) is 0 Å². The molecule has 0 aliphatic carbocycles. The van der Waals surface area contributed by atoms with Crippen molar-refractivity contribution in [3.05, 3.63) is 52.3 Å². The molecule has 3 aromatic rings. The number of carbonyl (C=O) groups is 2. The Balaban J connectivity index is 1.60. The fourth-order valence-corrected chi connectivity index (χ4v) is 2.56. The first-order valence-corrected chi connectivity index (χ1v) is 7.17. The zero-order chi connectivity index (χ0) is 14.7. The quantitative estimate of drug-likeness (QED) is 0.535. The molecule has 3 rings (SSSR count). The number of ketones is 1. The van der Waals surface area contributed by atoms with Crippen molar-refractivity contribution in [2.75, 3.05) is 6.61 Å². The number of rotatable bonds is 5. The van der Waals surface area contributed by atoms with E-state index in [4.69, 9.17) is 9.26 Å². The van der Waals surface area contributed by atoms with Gasteiger partial charge in [-0.15, -0.1) is 11.3 Å². The Labute approximate surface area is 124 Å². The highest BCUT2D eigenvalue weighted by Gasteiger charge is 2.15. The predicted octanol–water partition coefficient (Wildman–Crippen LogP) is 2.86. The predicted molar refractivity (Wildman–Crippen MR) is 77.3 cm³/mol. The van der Waals surface area contributed by atoms with Gasteiger partial charge in [-0.05, 0) is 23.6 Å². The first kappa shape index (κ1) is 13.5. The lowest BCUT2D eigenvalue weighted by molar-refractivity contribution is -0.141. The molecule has 0 saturated heterocycles. The van der Waals surface area contributed by atoms with Gasteiger partial charge in [-0.3, -0.25) is 9.59 Å². The monoisotopic (exact) mass is 301 g/mol. The van der Waals surface area contributed by atoms with E-state index >= 15 is 0 Å². The molecule has 0 amide bonds. The Morgan fingerprint density at radius 1 is 1.19 bits per heavy atom. The van der Waals surface area contributed by atoms with E-state index in [0.29, 0.717) is 16.2 Å². The maximum absolute atomic E-state index is 11.8. The van der Waals surface area contributed by atoms with Crippen molar-refractivity contribution in [3.63, 3.8) is 0 Å². The van der Waals surface area contributed by atoms with Crippen LogP contribution in [0.1, 0.15) is 15.4 Å². The number of carbonyl (C=O) groups excluding carboxylic acids is 2. The molecular formula is C15H11NO4S. The highest BCUT2D eigenvalue weighted by molar-refractivity contribution is 7.12. The van der Waals surface area contributed by atoms with Crippen LogP contribution in [0.5, 0.6) is 0 Å². The molecule has 0 fully saturated rings. The van der Waals surface area contributed by atoms with E-state index in [-0.39, 0.29) is 18.8 Å². The van der Waals surface area contributed by atoms with Gasteiger partial charge in [0.05, 0.1) is 11.3 Å². The molecule has 0 unspecified atom stereocenters. The van der Waals surface area contributed by atoms with Crippen LogP contribution >= 0.6 is 11.3 Å². The molecule has 0 saturated carbocycles. The number of benzene rings is 1. The Hall–Kier alpha value is -2.47. The van der Waals surface area contributed by atoms with Crippen molar-refractivity contribution in [2.45, 2.75) is 6.42 Å². The van der Waals surface area contributed by atoms with Gasteiger partial charge >= 0.3 is 5.97 Å². The number of hydrogen-bond acceptors (Lipinski definition) is 6. The number of esters is 1. The van der Waals surface area contributed by atoms with Gasteiger partial charge in [0.15, 0.2) is 12.2 Å². The fraction of sp³-hybridized carbons (Fsp3) is 0.133. The van der Waals surface area contributed by atoms with E-state index in [1.54, 1.807) is 23.6 Å². The van der Waals surface area contributed by atoms with Crippen LogP contribution < -0.4 is 0 Å². The summed E-state index contributed by atoms with van der Waals surface area (Å²) in [6.07, 6.45) is -0.0191. The fourth-order valence-electron chi connectivity index (χ4n) is 1.91. The standard InChI is InChI=1S/C15H11NO4S/c17-12(14-6-3-7-21-14)9-19-15(18)8-11-10-4-1-2-5-13(10)20-16-11/h1-7H,8-9H2. The second-order valence-electron chi connectivity index (χ2n) is 4.36. The van der Waals surface area contributed by atoms with Gasteiger partial charge in [-0.1, -0.05) is 23.4 Å². The minimum absolute atomic E-state index is 0.0191. The van der Waals surface area contributed by atoms with Crippen LogP contribution in [0.25, 0.3) is 11.0 Å². The zero-order valence-corrected chi connectivity index (χ0v) is 11.8. The average molecular weight is 301 g/mol. The summed E-state index contributed by atoms with van der Waals surface area (Å²) in [5.41, 5.74) is 1.13.